The number of esters is 1. The summed E-state index contributed by atoms with van der Waals surface area (Å²) in [6.45, 7) is 1.21. The number of amides is 2. The van der Waals surface area contributed by atoms with Crippen LogP contribution in [0, 0.1) is 5.82 Å². The molecule has 2 aromatic rings. The summed E-state index contributed by atoms with van der Waals surface area (Å²) in [4.78, 5) is 37.5. The maximum absolute atomic E-state index is 14.1. The summed E-state index contributed by atoms with van der Waals surface area (Å²) in [5.41, 5.74) is 0.477. The van der Waals surface area contributed by atoms with Crippen molar-refractivity contribution < 1.29 is 28.2 Å². The summed E-state index contributed by atoms with van der Waals surface area (Å²) in [6, 6.07) is 7.05. The zero-order chi connectivity index (χ0) is 23.4. The molecule has 0 spiro atoms. The molecular weight excluding hydrogens is 504 g/mol. The first kappa shape index (κ1) is 24.4. The molecule has 32 heavy (non-hydrogen) atoms. The van der Waals surface area contributed by atoms with E-state index in [0.29, 0.717) is 17.3 Å². The second-order valence-electron chi connectivity index (χ2n) is 6.38. The highest BCUT2D eigenvalue weighted by Crippen LogP contribution is 2.38. The quantitative estimate of drug-likeness (QED) is 0.332. The Balaban J connectivity index is 1.79. The smallest absolute Gasteiger partial charge is 0.344 e. The van der Waals surface area contributed by atoms with Crippen molar-refractivity contribution in [2.24, 2.45) is 0 Å². The van der Waals surface area contributed by atoms with E-state index < -0.39 is 22.9 Å². The standard InChI is InChI=1S/C21H15Cl3FNO5S/c1-2-30-18(27)10-31-19-14(23)6-11(7-15(19)24)8-17-20(28)26(21(29)32-17)9-12-13(22)4-3-5-16(12)25/h3-8H,2,9-10H2,1H3/b17-8-. The third-order valence-electron chi connectivity index (χ3n) is 4.21. The van der Waals surface area contributed by atoms with Crippen molar-refractivity contribution >= 4 is 69.8 Å². The van der Waals surface area contributed by atoms with Crippen LogP contribution in [0.15, 0.2) is 35.2 Å². The largest absolute Gasteiger partial charge is 0.479 e. The molecule has 6 nitrogen and oxygen atoms in total. The molecule has 2 aromatic carbocycles. The highest BCUT2D eigenvalue weighted by atomic mass is 35.5. The number of hydrogen-bond acceptors (Lipinski definition) is 6. The topological polar surface area (TPSA) is 72.9 Å². The van der Waals surface area contributed by atoms with E-state index in [1.807, 2.05) is 0 Å². The Hall–Kier alpha value is -2.26. The summed E-state index contributed by atoms with van der Waals surface area (Å²) in [5.74, 6) is -1.71. The van der Waals surface area contributed by atoms with Crippen LogP contribution in [0.3, 0.4) is 0 Å². The second-order valence-corrected chi connectivity index (χ2v) is 8.59. The van der Waals surface area contributed by atoms with Gasteiger partial charge in [0.15, 0.2) is 12.4 Å². The van der Waals surface area contributed by atoms with Gasteiger partial charge in [0.25, 0.3) is 11.1 Å². The molecule has 0 radical (unpaired) electrons. The first-order chi connectivity index (χ1) is 15.2. The van der Waals surface area contributed by atoms with E-state index in [0.717, 1.165) is 4.90 Å². The van der Waals surface area contributed by atoms with Crippen LogP contribution in [0.4, 0.5) is 9.18 Å². The van der Waals surface area contributed by atoms with Gasteiger partial charge in [-0.05, 0) is 54.6 Å². The van der Waals surface area contributed by atoms with Gasteiger partial charge in [-0.3, -0.25) is 14.5 Å². The molecule has 0 saturated carbocycles. The number of halogens is 4. The molecule has 3 rings (SSSR count). The summed E-state index contributed by atoms with van der Waals surface area (Å²) < 4.78 is 24.1. The Morgan fingerprint density at radius 3 is 2.47 bits per heavy atom. The molecule has 0 unspecified atom stereocenters. The van der Waals surface area contributed by atoms with Crippen molar-refractivity contribution in [2.75, 3.05) is 13.2 Å². The summed E-state index contributed by atoms with van der Waals surface area (Å²) >= 11 is 19.1. The van der Waals surface area contributed by atoms with Crippen molar-refractivity contribution in [2.45, 2.75) is 13.5 Å². The predicted molar refractivity (Wildman–Crippen MR) is 122 cm³/mol. The maximum atomic E-state index is 14.1. The fourth-order valence-corrected chi connectivity index (χ4v) is 4.44. The van der Waals surface area contributed by atoms with Crippen molar-refractivity contribution in [3.63, 3.8) is 0 Å². The van der Waals surface area contributed by atoms with Gasteiger partial charge < -0.3 is 9.47 Å². The average Bonchev–Trinajstić information content (AvgIpc) is 2.97. The van der Waals surface area contributed by atoms with Crippen molar-refractivity contribution in [1.82, 2.24) is 4.90 Å². The molecule has 2 amide bonds. The number of imide groups is 1. The molecule has 1 fully saturated rings. The van der Waals surface area contributed by atoms with Gasteiger partial charge in [0.05, 0.1) is 28.1 Å². The second kappa shape index (κ2) is 10.6. The monoisotopic (exact) mass is 517 g/mol. The predicted octanol–water partition coefficient (Wildman–Crippen LogP) is 5.96. The average molecular weight is 519 g/mol. The van der Waals surface area contributed by atoms with Crippen LogP contribution in [0.2, 0.25) is 15.1 Å². The zero-order valence-corrected chi connectivity index (χ0v) is 19.6. The normalized spacial score (nSPS) is 14.9. The van der Waals surface area contributed by atoms with Crippen LogP contribution in [-0.2, 0) is 20.9 Å². The highest BCUT2D eigenvalue weighted by Gasteiger charge is 2.36. The van der Waals surface area contributed by atoms with E-state index in [4.69, 9.17) is 44.3 Å². The summed E-state index contributed by atoms with van der Waals surface area (Å²) in [5, 5.41) is -0.243. The van der Waals surface area contributed by atoms with Crippen LogP contribution < -0.4 is 4.74 Å². The zero-order valence-electron chi connectivity index (χ0n) is 16.5. The fraction of sp³-hybridized carbons (Fsp3) is 0.190. The Kier molecular flexibility index (Phi) is 8.05. The number of carbonyl (C=O) groups excluding carboxylic acids is 3. The third-order valence-corrected chi connectivity index (χ3v) is 6.03. The molecule has 1 aliphatic rings. The van der Waals surface area contributed by atoms with Gasteiger partial charge >= 0.3 is 5.97 Å². The lowest BCUT2D eigenvalue weighted by molar-refractivity contribution is -0.145. The van der Waals surface area contributed by atoms with E-state index in [2.05, 4.69) is 0 Å². The van der Waals surface area contributed by atoms with Crippen molar-refractivity contribution in [1.29, 1.82) is 0 Å². The third kappa shape index (κ3) is 5.56. The molecule has 0 bridgehead atoms. The molecule has 1 heterocycles. The van der Waals surface area contributed by atoms with Crippen LogP contribution in [0.5, 0.6) is 5.75 Å². The van der Waals surface area contributed by atoms with E-state index in [-0.39, 0.29) is 51.0 Å². The van der Waals surface area contributed by atoms with Gasteiger partial charge in [0.2, 0.25) is 0 Å². The van der Waals surface area contributed by atoms with E-state index in [1.54, 1.807) is 6.92 Å². The van der Waals surface area contributed by atoms with E-state index >= 15 is 0 Å². The summed E-state index contributed by atoms with van der Waals surface area (Å²) in [7, 11) is 0. The molecule has 0 atom stereocenters. The molecule has 11 heteroatoms. The SMILES string of the molecule is CCOC(=O)COc1c(Cl)cc(/C=C2\SC(=O)N(Cc3c(F)cccc3Cl)C2=O)cc1Cl. The van der Waals surface area contributed by atoms with Crippen molar-refractivity contribution in [3.8, 4) is 5.75 Å². The first-order valence-electron chi connectivity index (χ1n) is 9.17. The maximum Gasteiger partial charge on any atom is 0.344 e. The van der Waals surface area contributed by atoms with Crippen LogP contribution >= 0.6 is 46.6 Å². The highest BCUT2D eigenvalue weighted by molar-refractivity contribution is 8.18. The molecule has 0 N–H and O–H groups in total. The molecule has 0 aliphatic carbocycles. The minimum absolute atomic E-state index is 0.0481. The molecular formula is C21H15Cl3FNO5S. The minimum atomic E-state index is -0.613. The lowest BCUT2D eigenvalue weighted by Gasteiger charge is -2.14. The number of rotatable bonds is 7. The Labute approximate surface area is 202 Å². The van der Waals surface area contributed by atoms with E-state index in [9.17, 15) is 18.8 Å². The lowest BCUT2D eigenvalue weighted by Crippen LogP contribution is -2.28. The van der Waals surface area contributed by atoms with Gasteiger partial charge in [-0.15, -0.1) is 0 Å². The molecule has 168 valence electrons. The molecule has 1 aliphatic heterocycles. The lowest BCUT2D eigenvalue weighted by atomic mass is 10.2. The molecule has 0 aromatic heterocycles. The number of hydrogen-bond donors (Lipinski definition) is 0. The summed E-state index contributed by atoms with van der Waals surface area (Å²) in [6.07, 6.45) is 1.43. The van der Waals surface area contributed by atoms with Crippen molar-refractivity contribution in [3.05, 3.63) is 67.2 Å². The number of benzene rings is 2. The fourth-order valence-electron chi connectivity index (χ4n) is 2.76. The molecule has 1 saturated heterocycles. The van der Waals surface area contributed by atoms with Gasteiger partial charge in [-0.25, -0.2) is 9.18 Å². The van der Waals surface area contributed by atoms with Gasteiger partial charge in [-0.2, -0.15) is 0 Å². The Morgan fingerprint density at radius 1 is 1.16 bits per heavy atom. The van der Waals surface area contributed by atoms with Gasteiger partial charge in [0.1, 0.15) is 5.82 Å². The minimum Gasteiger partial charge on any atom is -0.479 e. The van der Waals surface area contributed by atoms with E-state index in [1.165, 1.54) is 36.4 Å². The van der Waals surface area contributed by atoms with Gasteiger partial charge in [-0.1, -0.05) is 40.9 Å². The van der Waals surface area contributed by atoms with Crippen LogP contribution in [-0.4, -0.2) is 35.2 Å². The number of nitrogens with zero attached hydrogens (tertiary/aromatic N) is 1. The van der Waals surface area contributed by atoms with Crippen LogP contribution in [0.1, 0.15) is 18.1 Å². The first-order valence-corrected chi connectivity index (χ1v) is 11.1. The number of ether oxygens (including phenoxy) is 2. The Morgan fingerprint density at radius 2 is 1.84 bits per heavy atom. The van der Waals surface area contributed by atoms with Gasteiger partial charge in [0, 0.05) is 10.6 Å². The van der Waals surface area contributed by atoms with Crippen LogP contribution in [0.25, 0.3) is 6.08 Å². The number of thioether (sulfide) groups is 1. The Bertz CT molecular complexity index is 1080. The number of carbonyl (C=O) groups is 3.